The Morgan fingerprint density at radius 3 is 2.53 bits per heavy atom. The van der Waals surface area contributed by atoms with Gasteiger partial charge in [-0.1, -0.05) is 41.9 Å². The van der Waals surface area contributed by atoms with Gasteiger partial charge in [-0.25, -0.2) is 0 Å². The number of nitrogens with one attached hydrogen (secondary N) is 1. The predicted molar refractivity (Wildman–Crippen MR) is 131 cm³/mol. The first-order valence-electron chi connectivity index (χ1n) is 11.7. The number of para-hydroxylation sites is 1. The maximum atomic E-state index is 13.5. The number of likely N-dealkylation sites (N-methyl/N-ethyl adjacent to an activating group) is 1. The fourth-order valence-electron chi connectivity index (χ4n) is 4.52. The smallest absolute Gasteiger partial charge is 0.342 e. The lowest BCUT2D eigenvalue weighted by atomic mass is 9.95. The molecule has 0 aliphatic heterocycles. The Labute approximate surface area is 212 Å². The molecule has 1 heterocycles. The van der Waals surface area contributed by atoms with E-state index in [1.54, 1.807) is 55.6 Å². The van der Waals surface area contributed by atoms with Crippen LogP contribution in [0.3, 0.4) is 0 Å². The molecule has 10 heteroatoms. The molecule has 1 aromatic heterocycles. The fraction of sp³-hybridized carbons (Fsp3) is 0.346. The SMILES string of the molecule is CN(C(=O)C(Cc1cccc(Cl)c1)NC(=O)Cn1nc(C(F)(F)F)c2c1CCCC2)c1ccccc1. The number of fused-ring (bicyclic) bond motifs is 1. The highest BCUT2D eigenvalue weighted by molar-refractivity contribution is 6.30. The van der Waals surface area contributed by atoms with Gasteiger partial charge in [0.05, 0.1) is 0 Å². The summed E-state index contributed by atoms with van der Waals surface area (Å²) in [6, 6.07) is 14.9. The summed E-state index contributed by atoms with van der Waals surface area (Å²) in [5, 5.41) is 6.97. The van der Waals surface area contributed by atoms with E-state index in [9.17, 15) is 22.8 Å². The van der Waals surface area contributed by atoms with Crippen molar-refractivity contribution in [2.75, 3.05) is 11.9 Å². The van der Waals surface area contributed by atoms with E-state index in [4.69, 9.17) is 11.6 Å². The molecule has 0 fully saturated rings. The summed E-state index contributed by atoms with van der Waals surface area (Å²) in [4.78, 5) is 27.9. The van der Waals surface area contributed by atoms with Crippen LogP contribution in [0.1, 0.15) is 35.4 Å². The Morgan fingerprint density at radius 2 is 1.83 bits per heavy atom. The second-order valence-electron chi connectivity index (χ2n) is 8.82. The molecule has 36 heavy (non-hydrogen) atoms. The lowest BCUT2D eigenvalue weighted by Gasteiger charge is -2.25. The Bertz CT molecular complexity index is 1240. The molecule has 6 nitrogen and oxygen atoms in total. The van der Waals surface area contributed by atoms with Crippen LogP contribution in [0.15, 0.2) is 54.6 Å². The topological polar surface area (TPSA) is 67.2 Å². The van der Waals surface area contributed by atoms with E-state index in [2.05, 4.69) is 10.4 Å². The average Bonchev–Trinajstić information content (AvgIpc) is 3.22. The number of hydrogen-bond donors (Lipinski definition) is 1. The van der Waals surface area contributed by atoms with Gasteiger partial charge in [-0.15, -0.1) is 0 Å². The van der Waals surface area contributed by atoms with Gasteiger partial charge < -0.3 is 10.2 Å². The Morgan fingerprint density at radius 1 is 1.11 bits per heavy atom. The molecule has 1 N–H and O–H groups in total. The number of halogens is 4. The van der Waals surface area contributed by atoms with Gasteiger partial charge >= 0.3 is 6.18 Å². The van der Waals surface area contributed by atoms with Crippen LogP contribution in [0, 0.1) is 0 Å². The molecule has 0 bridgehead atoms. The molecule has 1 aliphatic carbocycles. The molecule has 190 valence electrons. The summed E-state index contributed by atoms with van der Waals surface area (Å²) >= 11 is 6.10. The van der Waals surface area contributed by atoms with Gasteiger partial charge in [-0.3, -0.25) is 14.3 Å². The summed E-state index contributed by atoms with van der Waals surface area (Å²) in [5.74, 6) is -0.963. The predicted octanol–water partition coefficient (Wildman–Crippen LogP) is 4.82. The molecule has 3 aromatic rings. The minimum absolute atomic E-state index is 0.160. The van der Waals surface area contributed by atoms with Crippen molar-refractivity contribution < 1.29 is 22.8 Å². The monoisotopic (exact) mass is 518 g/mol. The largest absolute Gasteiger partial charge is 0.435 e. The van der Waals surface area contributed by atoms with E-state index in [-0.39, 0.29) is 24.3 Å². The van der Waals surface area contributed by atoms with Gasteiger partial charge in [0.15, 0.2) is 5.69 Å². The molecule has 0 radical (unpaired) electrons. The molecule has 2 aromatic carbocycles. The highest BCUT2D eigenvalue weighted by Crippen LogP contribution is 2.35. The molecule has 1 atom stereocenters. The van der Waals surface area contributed by atoms with Gasteiger partial charge in [0.1, 0.15) is 12.6 Å². The van der Waals surface area contributed by atoms with Crippen molar-refractivity contribution in [2.45, 2.75) is 50.9 Å². The third-order valence-corrected chi connectivity index (χ3v) is 6.49. The molecule has 1 aliphatic rings. The zero-order chi connectivity index (χ0) is 25.9. The summed E-state index contributed by atoms with van der Waals surface area (Å²) in [6.07, 6.45) is -2.35. The molecule has 4 rings (SSSR count). The summed E-state index contributed by atoms with van der Waals surface area (Å²) in [7, 11) is 1.61. The molecule has 0 saturated carbocycles. The number of amides is 2. The number of aromatic nitrogens is 2. The van der Waals surface area contributed by atoms with Crippen molar-refractivity contribution in [3.63, 3.8) is 0 Å². The quantitative estimate of drug-likeness (QED) is 0.487. The molecular formula is C26H26ClF3N4O2. The Balaban J connectivity index is 1.57. The van der Waals surface area contributed by atoms with Gasteiger partial charge in [0.2, 0.25) is 11.8 Å². The summed E-state index contributed by atoms with van der Waals surface area (Å²) in [6.45, 7) is -0.410. The van der Waals surface area contributed by atoms with Crippen molar-refractivity contribution in [3.8, 4) is 0 Å². The highest BCUT2D eigenvalue weighted by atomic mass is 35.5. The number of carbonyl (C=O) groups excluding carboxylic acids is 2. The van der Waals surface area contributed by atoms with E-state index in [1.165, 1.54) is 4.90 Å². The average molecular weight is 519 g/mol. The maximum Gasteiger partial charge on any atom is 0.435 e. The van der Waals surface area contributed by atoms with Gasteiger partial charge in [0, 0.05) is 35.4 Å². The van der Waals surface area contributed by atoms with E-state index >= 15 is 0 Å². The maximum absolute atomic E-state index is 13.5. The van der Waals surface area contributed by atoms with Crippen molar-refractivity contribution in [3.05, 3.63) is 82.1 Å². The Hall–Kier alpha value is -3.33. The van der Waals surface area contributed by atoms with Gasteiger partial charge in [-0.2, -0.15) is 18.3 Å². The Kier molecular flexibility index (Phi) is 7.68. The minimum atomic E-state index is -4.59. The van der Waals surface area contributed by atoms with Crippen LogP contribution in [0.25, 0.3) is 0 Å². The third kappa shape index (κ3) is 5.90. The minimum Gasteiger partial charge on any atom is -0.342 e. The molecular weight excluding hydrogens is 493 g/mol. The van der Waals surface area contributed by atoms with E-state index in [0.717, 1.165) is 16.7 Å². The second-order valence-corrected chi connectivity index (χ2v) is 9.26. The van der Waals surface area contributed by atoms with Crippen molar-refractivity contribution >= 4 is 29.1 Å². The summed E-state index contributed by atoms with van der Waals surface area (Å²) < 4.78 is 41.7. The number of carbonyl (C=O) groups is 2. The van der Waals surface area contributed by atoms with Crippen LogP contribution in [0.2, 0.25) is 5.02 Å². The first kappa shape index (κ1) is 25.8. The number of alkyl halides is 3. The van der Waals surface area contributed by atoms with Crippen LogP contribution >= 0.6 is 11.6 Å². The van der Waals surface area contributed by atoms with Gasteiger partial charge in [-0.05, 0) is 55.5 Å². The zero-order valence-corrected chi connectivity index (χ0v) is 20.4. The second kappa shape index (κ2) is 10.7. The van der Waals surface area contributed by atoms with E-state index in [0.29, 0.717) is 29.2 Å². The van der Waals surface area contributed by atoms with E-state index < -0.39 is 30.4 Å². The first-order valence-corrected chi connectivity index (χ1v) is 12.0. The third-order valence-electron chi connectivity index (χ3n) is 6.25. The van der Waals surface area contributed by atoms with Gasteiger partial charge in [0.25, 0.3) is 0 Å². The van der Waals surface area contributed by atoms with Crippen LogP contribution in [-0.4, -0.2) is 34.7 Å². The van der Waals surface area contributed by atoms with Crippen molar-refractivity contribution in [1.29, 1.82) is 0 Å². The van der Waals surface area contributed by atoms with Crippen LogP contribution in [-0.2, 0) is 41.6 Å². The standard InChI is InChI=1S/C26H26ClF3N4O2/c1-33(19-10-3-2-4-11-19)25(36)21(15-17-8-7-9-18(27)14-17)31-23(35)16-34-22-13-6-5-12-20(22)24(32-34)26(28,29)30/h2-4,7-11,14,21H,5-6,12-13,15-16H2,1H3,(H,31,35). The number of rotatable bonds is 7. The van der Waals surface area contributed by atoms with Crippen molar-refractivity contribution in [1.82, 2.24) is 15.1 Å². The number of benzene rings is 2. The highest BCUT2D eigenvalue weighted by Gasteiger charge is 2.39. The van der Waals surface area contributed by atoms with E-state index in [1.807, 2.05) is 6.07 Å². The summed E-state index contributed by atoms with van der Waals surface area (Å²) in [5.41, 5.74) is 1.04. The zero-order valence-electron chi connectivity index (χ0n) is 19.7. The lowest BCUT2D eigenvalue weighted by molar-refractivity contribution is -0.142. The molecule has 0 saturated heterocycles. The molecule has 2 amide bonds. The van der Waals surface area contributed by atoms with Crippen LogP contribution < -0.4 is 10.2 Å². The normalized spacial score (nSPS) is 14.1. The molecule has 1 unspecified atom stereocenters. The first-order chi connectivity index (χ1) is 17.1. The number of hydrogen-bond acceptors (Lipinski definition) is 3. The fourth-order valence-corrected chi connectivity index (χ4v) is 4.73. The molecule has 0 spiro atoms. The number of nitrogens with zero attached hydrogens (tertiary/aromatic N) is 3. The van der Waals surface area contributed by atoms with Crippen LogP contribution in [0.5, 0.6) is 0 Å². The lowest BCUT2D eigenvalue weighted by Crippen LogP contribution is -2.49. The van der Waals surface area contributed by atoms with Crippen LogP contribution in [0.4, 0.5) is 18.9 Å². The van der Waals surface area contributed by atoms with Crippen molar-refractivity contribution in [2.24, 2.45) is 0 Å². The number of anilines is 1.